The second-order valence-electron chi connectivity index (χ2n) is 4.43. The molecule has 0 amide bonds. The van der Waals surface area contributed by atoms with Gasteiger partial charge in [-0.1, -0.05) is 12.1 Å². The quantitative estimate of drug-likeness (QED) is 0.311. The second-order valence-corrected chi connectivity index (χ2v) is 4.43. The molecule has 0 radical (unpaired) electrons. The molecule has 2 rings (SSSR count). The molecule has 1 fully saturated rings. The summed E-state index contributed by atoms with van der Waals surface area (Å²) >= 11 is 0. The zero-order valence-electron chi connectivity index (χ0n) is 10.8. The molecule has 6 nitrogen and oxygen atoms in total. The maximum atomic E-state index is 10.6. The van der Waals surface area contributed by atoms with E-state index in [0.717, 1.165) is 5.56 Å². The van der Waals surface area contributed by atoms with E-state index >= 15 is 0 Å². The number of nitro groups is 1. The van der Waals surface area contributed by atoms with Crippen molar-refractivity contribution >= 4 is 0 Å². The van der Waals surface area contributed by atoms with Gasteiger partial charge in [-0.05, 0) is 17.7 Å². The smallest absolute Gasteiger partial charge is 0.221 e. The van der Waals surface area contributed by atoms with Crippen molar-refractivity contribution in [2.75, 3.05) is 27.1 Å². The Labute approximate surface area is 111 Å². The molecule has 0 saturated heterocycles. The Kier molecular flexibility index (Phi) is 4.70. The van der Waals surface area contributed by atoms with Crippen molar-refractivity contribution in [3.63, 3.8) is 0 Å². The predicted octanol–water partition coefficient (Wildman–Crippen LogP) is 1.82. The molecular weight excluding hydrogens is 250 g/mol. The van der Waals surface area contributed by atoms with Gasteiger partial charge in [-0.2, -0.15) is 0 Å². The molecule has 1 saturated carbocycles. The van der Waals surface area contributed by atoms with Gasteiger partial charge in [0.15, 0.2) is 6.79 Å². The molecule has 1 aliphatic carbocycles. The average Bonchev–Trinajstić information content (AvgIpc) is 3.20. The molecule has 0 heterocycles. The van der Waals surface area contributed by atoms with Crippen LogP contribution in [-0.2, 0) is 9.47 Å². The Balaban J connectivity index is 1.75. The predicted molar refractivity (Wildman–Crippen MR) is 67.9 cm³/mol. The van der Waals surface area contributed by atoms with Gasteiger partial charge in [0, 0.05) is 18.5 Å². The van der Waals surface area contributed by atoms with Gasteiger partial charge in [0.05, 0.1) is 19.1 Å². The fraction of sp³-hybridized carbons (Fsp3) is 0.538. The molecule has 19 heavy (non-hydrogen) atoms. The SMILES string of the molecule is COCCOCOc1ccc(C2C[C@@H]2[N+](=O)[O-])cc1. The Morgan fingerprint density at radius 1 is 1.32 bits per heavy atom. The molecule has 1 aromatic rings. The van der Waals surface area contributed by atoms with Crippen LogP contribution in [0.4, 0.5) is 0 Å². The average molecular weight is 267 g/mol. The Morgan fingerprint density at radius 2 is 2.05 bits per heavy atom. The van der Waals surface area contributed by atoms with Gasteiger partial charge in [0.25, 0.3) is 0 Å². The van der Waals surface area contributed by atoms with Crippen molar-refractivity contribution in [3.8, 4) is 5.75 Å². The lowest BCUT2D eigenvalue weighted by atomic mass is 10.1. The summed E-state index contributed by atoms with van der Waals surface area (Å²) in [6.45, 7) is 1.19. The highest BCUT2D eigenvalue weighted by atomic mass is 16.7. The highest BCUT2D eigenvalue weighted by Crippen LogP contribution is 2.43. The highest BCUT2D eigenvalue weighted by Gasteiger charge is 2.49. The van der Waals surface area contributed by atoms with Crippen LogP contribution in [0.3, 0.4) is 0 Å². The number of ether oxygens (including phenoxy) is 3. The third-order valence-corrected chi connectivity index (χ3v) is 3.08. The van der Waals surface area contributed by atoms with Gasteiger partial charge in [-0.25, -0.2) is 0 Å². The summed E-state index contributed by atoms with van der Waals surface area (Å²) in [6, 6.07) is 6.95. The minimum absolute atomic E-state index is 0.0574. The molecule has 6 heteroatoms. The zero-order chi connectivity index (χ0) is 13.7. The van der Waals surface area contributed by atoms with Gasteiger partial charge in [0.2, 0.25) is 6.04 Å². The number of benzene rings is 1. The van der Waals surface area contributed by atoms with E-state index in [-0.39, 0.29) is 17.6 Å². The van der Waals surface area contributed by atoms with Gasteiger partial charge >= 0.3 is 0 Å². The van der Waals surface area contributed by atoms with Crippen molar-refractivity contribution in [3.05, 3.63) is 39.9 Å². The van der Waals surface area contributed by atoms with Crippen LogP contribution in [0.15, 0.2) is 24.3 Å². The van der Waals surface area contributed by atoms with Crippen LogP contribution in [0, 0.1) is 10.1 Å². The fourth-order valence-electron chi connectivity index (χ4n) is 1.89. The number of rotatable bonds is 8. The largest absolute Gasteiger partial charge is 0.468 e. The summed E-state index contributed by atoms with van der Waals surface area (Å²) in [4.78, 5) is 10.4. The van der Waals surface area contributed by atoms with E-state index in [1.807, 2.05) is 24.3 Å². The normalized spacial score (nSPS) is 21.1. The summed E-state index contributed by atoms with van der Waals surface area (Å²) < 4.78 is 15.4. The molecule has 104 valence electrons. The zero-order valence-corrected chi connectivity index (χ0v) is 10.8. The van der Waals surface area contributed by atoms with Crippen LogP contribution in [0.2, 0.25) is 0 Å². The first-order valence-corrected chi connectivity index (χ1v) is 6.15. The third-order valence-electron chi connectivity index (χ3n) is 3.08. The first-order chi connectivity index (χ1) is 9.22. The first kappa shape index (κ1) is 13.8. The topological polar surface area (TPSA) is 70.8 Å². The van der Waals surface area contributed by atoms with E-state index < -0.39 is 6.04 Å². The number of methoxy groups -OCH3 is 1. The lowest BCUT2D eigenvalue weighted by Gasteiger charge is -2.07. The lowest BCUT2D eigenvalue weighted by Crippen LogP contribution is -2.07. The number of nitrogens with zero attached hydrogens (tertiary/aromatic N) is 1. The lowest BCUT2D eigenvalue weighted by molar-refractivity contribution is -0.496. The van der Waals surface area contributed by atoms with Crippen molar-refractivity contribution in [1.82, 2.24) is 0 Å². The molecule has 0 bridgehead atoms. The van der Waals surface area contributed by atoms with Crippen LogP contribution < -0.4 is 4.74 Å². The maximum absolute atomic E-state index is 10.6. The molecule has 1 aromatic carbocycles. The van der Waals surface area contributed by atoms with E-state index in [0.29, 0.717) is 25.4 Å². The summed E-state index contributed by atoms with van der Waals surface area (Å²) in [7, 11) is 1.61. The van der Waals surface area contributed by atoms with Crippen LogP contribution in [0.25, 0.3) is 0 Å². The van der Waals surface area contributed by atoms with E-state index in [1.54, 1.807) is 7.11 Å². The fourth-order valence-corrected chi connectivity index (χ4v) is 1.89. The summed E-state index contributed by atoms with van der Waals surface area (Å²) in [5, 5.41) is 10.6. The maximum Gasteiger partial charge on any atom is 0.221 e. The van der Waals surface area contributed by atoms with Crippen molar-refractivity contribution in [1.29, 1.82) is 0 Å². The third kappa shape index (κ3) is 3.90. The Hall–Kier alpha value is -1.66. The van der Waals surface area contributed by atoms with Crippen LogP contribution in [0.5, 0.6) is 5.75 Å². The standard InChI is InChI=1S/C13H17NO5/c1-17-6-7-18-9-19-11-4-2-10(3-5-11)12-8-13(12)14(15)16/h2-5,12-13H,6-9H2,1H3/t12?,13-/m0/s1. The summed E-state index contributed by atoms with van der Waals surface area (Å²) in [5.74, 6) is 0.751. The van der Waals surface area contributed by atoms with Gasteiger partial charge in [-0.15, -0.1) is 0 Å². The minimum Gasteiger partial charge on any atom is -0.468 e. The summed E-state index contributed by atoms with van der Waals surface area (Å²) in [6.07, 6.45) is 0.632. The first-order valence-electron chi connectivity index (χ1n) is 6.15. The number of hydrogen-bond acceptors (Lipinski definition) is 5. The van der Waals surface area contributed by atoms with Crippen LogP contribution in [-0.4, -0.2) is 38.1 Å². The van der Waals surface area contributed by atoms with Crippen molar-refractivity contribution in [2.24, 2.45) is 0 Å². The molecule has 0 spiro atoms. The Bertz CT molecular complexity index is 420. The minimum atomic E-state index is -0.413. The van der Waals surface area contributed by atoms with Crippen molar-refractivity contribution in [2.45, 2.75) is 18.4 Å². The molecular formula is C13H17NO5. The molecule has 1 aliphatic rings. The van der Waals surface area contributed by atoms with Crippen molar-refractivity contribution < 1.29 is 19.1 Å². The number of hydrogen-bond donors (Lipinski definition) is 0. The molecule has 0 aliphatic heterocycles. The Morgan fingerprint density at radius 3 is 2.63 bits per heavy atom. The monoisotopic (exact) mass is 267 g/mol. The van der Waals surface area contributed by atoms with E-state index in [1.165, 1.54) is 0 Å². The molecule has 0 N–H and O–H groups in total. The van der Waals surface area contributed by atoms with Gasteiger partial charge in [0.1, 0.15) is 5.75 Å². The second kappa shape index (κ2) is 6.49. The van der Waals surface area contributed by atoms with Gasteiger partial charge < -0.3 is 14.2 Å². The van der Waals surface area contributed by atoms with E-state index in [9.17, 15) is 10.1 Å². The highest BCUT2D eigenvalue weighted by molar-refractivity contribution is 5.32. The molecule has 0 aromatic heterocycles. The van der Waals surface area contributed by atoms with E-state index in [2.05, 4.69) is 0 Å². The van der Waals surface area contributed by atoms with Crippen LogP contribution >= 0.6 is 0 Å². The van der Waals surface area contributed by atoms with Gasteiger partial charge in [-0.3, -0.25) is 10.1 Å². The molecule has 1 unspecified atom stereocenters. The summed E-state index contributed by atoms with van der Waals surface area (Å²) in [5.41, 5.74) is 0.995. The van der Waals surface area contributed by atoms with Crippen LogP contribution in [0.1, 0.15) is 17.9 Å². The molecule has 2 atom stereocenters. The van der Waals surface area contributed by atoms with E-state index in [4.69, 9.17) is 14.2 Å².